The monoisotopic (exact) mass is 263 g/mol. The molecular formula is C16H22FNO. The Kier molecular flexibility index (Phi) is 6.99. The van der Waals surface area contributed by atoms with E-state index in [2.05, 4.69) is 25.1 Å². The van der Waals surface area contributed by atoms with Crippen molar-refractivity contribution >= 4 is 0 Å². The lowest BCUT2D eigenvalue weighted by molar-refractivity contribution is 0.311. The standard InChI is InChI=1S/C16H22FNO/c1-4-5-6-7-19-16-9-14(8-15(17)10-16)12-18-11-13(2)3/h1,8-10,13,18H,5-7,11-12H2,2-3H3. The molecule has 2 nitrogen and oxygen atoms in total. The SMILES string of the molecule is C#CCCCOc1cc(F)cc(CNCC(C)C)c1. The van der Waals surface area contributed by atoms with Crippen molar-refractivity contribution in [1.82, 2.24) is 5.32 Å². The lowest BCUT2D eigenvalue weighted by Gasteiger charge is -2.10. The van der Waals surface area contributed by atoms with Crippen LogP contribution in [0.4, 0.5) is 4.39 Å². The van der Waals surface area contributed by atoms with Crippen molar-refractivity contribution in [2.45, 2.75) is 33.2 Å². The zero-order valence-corrected chi connectivity index (χ0v) is 11.7. The van der Waals surface area contributed by atoms with Gasteiger partial charge in [0.1, 0.15) is 11.6 Å². The van der Waals surface area contributed by atoms with Gasteiger partial charge in [-0.3, -0.25) is 0 Å². The van der Waals surface area contributed by atoms with Gasteiger partial charge >= 0.3 is 0 Å². The number of hydrogen-bond acceptors (Lipinski definition) is 2. The summed E-state index contributed by atoms with van der Waals surface area (Å²) in [4.78, 5) is 0. The van der Waals surface area contributed by atoms with E-state index in [0.29, 0.717) is 31.2 Å². The summed E-state index contributed by atoms with van der Waals surface area (Å²) in [5, 5.41) is 3.28. The Labute approximate surface area is 115 Å². The van der Waals surface area contributed by atoms with Crippen molar-refractivity contribution in [2.24, 2.45) is 5.92 Å². The summed E-state index contributed by atoms with van der Waals surface area (Å²) in [5.74, 6) is 3.43. The van der Waals surface area contributed by atoms with Crippen LogP contribution in [0, 0.1) is 24.1 Å². The second-order valence-corrected chi connectivity index (χ2v) is 4.98. The van der Waals surface area contributed by atoms with Crippen molar-refractivity contribution < 1.29 is 9.13 Å². The van der Waals surface area contributed by atoms with Gasteiger partial charge in [0.05, 0.1) is 6.61 Å². The minimum atomic E-state index is -0.268. The molecule has 1 aromatic rings. The van der Waals surface area contributed by atoms with Crippen LogP contribution in [0.1, 0.15) is 32.3 Å². The summed E-state index contributed by atoms with van der Waals surface area (Å²) in [7, 11) is 0. The molecule has 0 spiro atoms. The van der Waals surface area contributed by atoms with Crippen LogP contribution < -0.4 is 10.1 Å². The van der Waals surface area contributed by atoms with Gasteiger partial charge in [0, 0.05) is 19.0 Å². The molecular weight excluding hydrogens is 241 g/mol. The molecule has 104 valence electrons. The van der Waals surface area contributed by atoms with Gasteiger partial charge in [0.2, 0.25) is 0 Å². The normalized spacial score (nSPS) is 10.5. The minimum Gasteiger partial charge on any atom is -0.493 e. The number of unbranched alkanes of at least 4 members (excludes halogenated alkanes) is 1. The first-order valence-corrected chi connectivity index (χ1v) is 6.68. The Hall–Kier alpha value is -1.53. The quantitative estimate of drug-likeness (QED) is 0.573. The molecule has 0 unspecified atom stereocenters. The van der Waals surface area contributed by atoms with Gasteiger partial charge in [-0.2, -0.15) is 0 Å². The highest BCUT2D eigenvalue weighted by Gasteiger charge is 2.02. The Morgan fingerprint density at radius 1 is 1.37 bits per heavy atom. The summed E-state index contributed by atoms with van der Waals surface area (Å²) in [6.07, 6.45) is 6.63. The summed E-state index contributed by atoms with van der Waals surface area (Å²) < 4.78 is 18.9. The van der Waals surface area contributed by atoms with Gasteiger partial charge in [0.15, 0.2) is 0 Å². The third-order valence-electron chi connectivity index (χ3n) is 2.55. The van der Waals surface area contributed by atoms with Crippen molar-refractivity contribution in [2.75, 3.05) is 13.2 Å². The molecule has 0 aliphatic heterocycles. The second-order valence-electron chi connectivity index (χ2n) is 4.98. The van der Waals surface area contributed by atoms with Crippen LogP contribution in [0.5, 0.6) is 5.75 Å². The molecule has 1 N–H and O–H groups in total. The molecule has 0 heterocycles. The Morgan fingerprint density at radius 3 is 2.84 bits per heavy atom. The molecule has 0 aliphatic carbocycles. The van der Waals surface area contributed by atoms with E-state index in [4.69, 9.17) is 11.2 Å². The van der Waals surface area contributed by atoms with Crippen LogP contribution >= 0.6 is 0 Å². The molecule has 0 aromatic heterocycles. The number of rotatable bonds is 8. The predicted octanol–water partition coefficient (Wildman–Crippen LogP) is 3.36. The number of nitrogens with one attached hydrogen (secondary N) is 1. The maximum atomic E-state index is 13.4. The molecule has 3 heteroatoms. The van der Waals surface area contributed by atoms with Crippen LogP contribution in [-0.2, 0) is 6.54 Å². The number of ether oxygens (including phenoxy) is 1. The first-order chi connectivity index (χ1) is 9.11. The summed E-state index contributed by atoms with van der Waals surface area (Å²) in [6, 6.07) is 4.80. The minimum absolute atomic E-state index is 0.268. The summed E-state index contributed by atoms with van der Waals surface area (Å²) >= 11 is 0. The van der Waals surface area contributed by atoms with E-state index in [1.165, 1.54) is 12.1 Å². The van der Waals surface area contributed by atoms with E-state index in [1.807, 2.05) is 6.07 Å². The highest BCUT2D eigenvalue weighted by Crippen LogP contribution is 2.17. The van der Waals surface area contributed by atoms with Crippen molar-refractivity contribution in [1.29, 1.82) is 0 Å². The van der Waals surface area contributed by atoms with Crippen molar-refractivity contribution in [3.8, 4) is 18.1 Å². The van der Waals surface area contributed by atoms with E-state index in [0.717, 1.165) is 18.5 Å². The van der Waals surface area contributed by atoms with Gasteiger partial charge in [-0.15, -0.1) is 12.3 Å². The summed E-state index contributed by atoms with van der Waals surface area (Å²) in [6.45, 7) is 6.36. The molecule has 1 aromatic carbocycles. The van der Waals surface area contributed by atoms with Crippen molar-refractivity contribution in [3.63, 3.8) is 0 Å². The maximum absolute atomic E-state index is 13.4. The molecule has 0 bridgehead atoms. The van der Waals surface area contributed by atoms with Crippen LogP contribution in [0.3, 0.4) is 0 Å². The molecule has 0 saturated carbocycles. The molecule has 19 heavy (non-hydrogen) atoms. The fourth-order valence-corrected chi connectivity index (χ4v) is 1.68. The number of terminal acetylenes is 1. The van der Waals surface area contributed by atoms with Crippen molar-refractivity contribution in [3.05, 3.63) is 29.6 Å². The third-order valence-corrected chi connectivity index (χ3v) is 2.55. The number of benzene rings is 1. The fourth-order valence-electron chi connectivity index (χ4n) is 1.68. The number of halogens is 1. The van der Waals surface area contributed by atoms with Gasteiger partial charge in [-0.1, -0.05) is 13.8 Å². The number of hydrogen-bond donors (Lipinski definition) is 1. The molecule has 0 saturated heterocycles. The van der Waals surface area contributed by atoms with Crippen LogP contribution in [-0.4, -0.2) is 13.2 Å². The van der Waals surface area contributed by atoms with E-state index >= 15 is 0 Å². The topological polar surface area (TPSA) is 21.3 Å². The molecule has 0 fully saturated rings. The second kappa shape index (κ2) is 8.55. The van der Waals surface area contributed by atoms with Crippen LogP contribution in [0.15, 0.2) is 18.2 Å². The highest BCUT2D eigenvalue weighted by molar-refractivity contribution is 5.29. The average molecular weight is 263 g/mol. The molecule has 1 rings (SSSR count). The largest absolute Gasteiger partial charge is 0.493 e. The lowest BCUT2D eigenvalue weighted by Crippen LogP contribution is -2.19. The van der Waals surface area contributed by atoms with E-state index in [1.54, 1.807) is 0 Å². The van der Waals surface area contributed by atoms with Gasteiger partial charge in [-0.25, -0.2) is 4.39 Å². The maximum Gasteiger partial charge on any atom is 0.127 e. The fraction of sp³-hybridized carbons (Fsp3) is 0.500. The zero-order valence-electron chi connectivity index (χ0n) is 11.7. The van der Waals surface area contributed by atoms with E-state index in [-0.39, 0.29) is 5.82 Å². The van der Waals surface area contributed by atoms with Gasteiger partial charge in [-0.05, 0) is 36.6 Å². The highest BCUT2D eigenvalue weighted by atomic mass is 19.1. The predicted molar refractivity (Wildman–Crippen MR) is 76.5 cm³/mol. The third kappa shape index (κ3) is 6.83. The van der Waals surface area contributed by atoms with Gasteiger partial charge < -0.3 is 10.1 Å². The van der Waals surface area contributed by atoms with Gasteiger partial charge in [0.25, 0.3) is 0 Å². The molecule has 0 aliphatic rings. The molecule has 0 amide bonds. The molecule has 0 radical (unpaired) electrons. The lowest BCUT2D eigenvalue weighted by atomic mass is 10.2. The van der Waals surface area contributed by atoms with E-state index < -0.39 is 0 Å². The first-order valence-electron chi connectivity index (χ1n) is 6.68. The average Bonchev–Trinajstić information content (AvgIpc) is 2.34. The van der Waals surface area contributed by atoms with Crippen LogP contribution in [0.2, 0.25) is 0 Å². The Balaban J connectivity index is 2.49. The summed E-state index contributed by atoms with van der Waals surface area (Å²) in [5.41, 5.74) is 0.896. The smallest absolute Gasteiger partial charge is 0.127 e. The van der Waals surface area contributed by atoms with E-state index in [9.17, 15) is 4.39 Å². The Morgan fingerprint density at radius 2 is 2.16 bits per heavy atom. The Bertz CT molecular complexity index is 423. The first kappa shape index (κ1) is 15.5. The molecule has 0 atom stereocenters. The van der Waals surface area contributed by atoms with Crippen LogP contribution in [0.25, 0.3) is 0 Å². The zero-order chi connectivity index (χ0) is 14.1.